The molecule has 2 heterocycles. The molecule has 2 aromatic heterocycles. The van der Waals surface area contributed by atoms with Gasteiger partial charge >= 0.3 is 5.97 Å². The first-order valence-electron chi connectivity index (χ1n) is 13.5. The SMILES string of the molecule is C/C=C(/CC(CC)n1c(C)nc2c1CCCCC(C(=O)OC)C2)N(C)CC[C@H](N=C(C)N)c1nccs1. The zero-order chi connectivity index (χ0) is 26.9. The third-order valence-electron chi connectivity index (χ3n) is 7.40. The Hall–Kier alpha value is -2.68. The van der Waals surface area contributed by atoms with E-state index in [0.29, 0.717) is 18.3 Å². The fraction of sp³-hybridized carbons (Fsp3) is 0.643. The Morgan fingerprint density at radius 3 is 2.84 bits per heavy atom. The van der Waals surface area contributed by atoms with E-state index in [2.05, 4.69) is 53.3 Å². The van der Waals surface area contributed by atoms with Crippen LogP contribution in [0.15, 0.2) is 28.3 Å². The van der Waals surface area contributed by atoms with Gasteiger partial charge in [0.15, 0.2) is 0 Å². The minimum Gasteiger partial charge on any atom is -0.469 e. The molecule has 2 aromatic rings. The van der Waals surface area contributed by atoms with Gasteiger partial charge in [-0.2, -0.15) is 0 Å². The molecular formula is C28H44N6O2S. The normalized spacial score (nSPS) is 18.5. The predicted octanol–water partition coefficient (Wildman–Crippen LogP) is 5.39. The number of amidine groups is 1. The van der Waals surface area contributed by atoms with Crippen LogP contribution in [0.3, 0.4) is 0 Å². The number of allylic oxidation sites excluding steroid dienone is 2. The molecule has 1 aliphatic rings. The lowest BCUT2D eigenvalue weighted by Crippen LogP contribution is -2.25. The molecule has 1 aliphatic carbocycles. The number of aliphatic imine (C=N–C) groups is 1. The summed E-state index contributed by atoms with van der Waals surface area (Å²) >= 11 is 1.63. The summed E-state index contributed by atoms with van der Waals surface area (Å²) in [5, 5.41) is 2.99. The Balaban J connectivity index is 1.76. The number of carbonyl (C=O) groups excluding carboxylic acids is 1. The van der Waals surface area contributed by atoms with Crippen LogP contribution in [0.2, 0.25) is 0 Å². The number of fused-ring (bicyclic) bond motifs is 1. The summed E-state index contributed by atoms with van der Waals surface area (Å²) < 4.78 is 7.53. The molecule has 204 valence electrons. The van der Waals surface area contributed by atoms with Crippen LogP contribution in [0.5, 0.6) is 0 Å². The number of aromatic nitrogens is 3. The summed E-state index contributed by atoms with van der Waals surface area (Å²) in [6, 6.07) is 0.283. The molecule has 8 nitrogen and oxygen atoms in total. The van der Waals surface area contributed by atoms with E-state index in [0.717, 1.165) is 68.0 Å². The van der Waals surface area contributed by atoms with Gasteiger partial charge < -0.3 is 19.9 Å². The molecule has 0 fully saturated rings. The second-order valence-electron chi connectivity index (χ2n) is 10.0. The molecule has 0 bridgehead atoms. The molecule has 0 saturated heterocycles. The van der Waals surface area contributed by atoms with E-state index in [-0.39, 0.29) is 17.9 Å². The van der Waals surface area contributed by atoms with Crippen molar-refractivity contribution >= 4 is 23.1 Å². The summed E-state index contributed by atoms with van der Waals surface area (Å²) in [6.07, 6.45) is 11.5. The Kier molecular flexibility index (Phi) is 10.7. The third kappa shape index (κ3) is 7.43. The van der Waals surface area contributed by atoms with Crippen molar-refractivity contribution in [2.45, 2.75) is 91.1 Å². The summed E-state index contributed by atoms with van der Waals surface area (Å²) in [5.74, 6) is 1.41. The zero-order valence-electron chi connectivity index (χ0n) is 23.4. The maximum atomic E-state index is 12.3. The van der Waals surface area contributed by atoms with Crippen LogP contribution >= 0.6 is 11.3 Å². The number of hydrogen-bond acceptors (Lipinski definition) is 7. The average molecular weight is 529 g/mol. The van der Waals surface area contributed by atoms with Crippen molar-refractivity contribution in [2.24, 2.45) is 16.6 Å². The Morgan fingerprint density at radius 2 is 2.22 bits per heavy atom. The number of nitrogens with two attached hydrogens (primary N) is 1. The molecule has 3 rings (SSSR count). The molecule has 2 unspecified atom stereocenters. The lowest BCUT2D eigenvalue weighted by atomic mass is 9.91. The van der Waals surface area contributed by atoms with E-state index in [9.17, 15) is 4.79 Å². The molecule has 0 spiro atoms. The molecule has 0 saturated carbocycles. The van der Waals surface area contributed by atoms with E-state index in [1.165, 1.54) is 18.5 Å². The molecule has 3 atom stereocenters. The van der Waals surface area contributed by atoms with Gasteiger partial charge in [-0.1, -0.05) is 19.4 Å². The number of aryl methyl sites for hydroxylation is 1. The Morgan fingerprint density at radius 1 is 1.43 bits per heavy atom. The van der Waals surface area contributed by atoms with E-state index in [1.54, 1.807) is 11.3 Å². The molecule has 2 N–H and O–H groups in total. The highest BCUT2D eigenvalue weighted by Gasteiger charge is 2.28. The van der Waals surface area contributed by atoms with Gasteiger partial charge in [0.1, 0.15) is 16.9 Å². The van der Waals surface area contributed by atoms with Crippen molar-refractivity contribution in [2.75, 3.05) is 20.7 Å². The lowest BCUT2D eigenvalue weighted by molar-refractivity contribution is -0.145. The zero-order valence-corrected chi connectivity index (χ0v) is 24.2. The van der Waals surface area contributed by atoms with Gasteiger partial charge in [-0.05, 0) is 52.9 Å². The fourth-order valence-electron chi connectivity index (χ4n) is 5.45. The van der Waals surface area contributed by atoms with Gasteiger partial charge in [0, 0.05) is 55.4 Å². The number of imidazole rings is 1. The van der Waals surface area contributed by atoms with Crippen LogP contribution in [-0.2, 0) is 22.4 Å². The molecule has 0 amide bonds. The first-order valence-corrected chi connectivity index (χ1v) is 14.4. The van der Waals surface area contributed by atoms with E-state index >= 15 is 0 Å². The van der Waals surface area contributed by atoms with Crippen molar-refractivity contribution in [1.82, 2.24) is 19.4 Å². The maximum absolute atomic E-state index is 12.3. The number of hydrogen-bond donors (Lipinski definition) is 1. The first kappa shape index (κ1) is 28.9. The fourth-order valence-corrected chi connectivity index (χ4v) is 6.16. The van der Waals surface area contributed by atoms with Gasteiger partial charge in [0.05, 0.1) is 24.6 Å². The van der Waals surface area contributed by atoms with Gasteiger partial charge in [0.25, 0.3) is 0 Å². The smallest absolute Gasteiger partial charge is 0.309 e. The van der Waals surface area contributed by atoms with Crippen LogP contribution in [0, 0.1) is 12.8 Å². The molecule has 0 aliphatic heterocycles. The highest BCUT2D eigenvalue weighted by molar-refractivity contribution is 7.09. The van der Waals surface area contributed by atoms with E-state index < -0.39 is 0 Å². The first-order chi connectivity index (χ1) is 17.8. The number of rotatable bonds is 11. The summed E-state index contributed by atoms with van der Waals surface area (Å²) in [7, 11) is 3.64. The van der Waals surface area contributed by atoms with Crippen LogP contribution in [-0.4, -0.2) is 51.9 Å². The maximum Gasteiger partial charge on any atom is 0.309 e. The second kappa shape index (κ2) is 13.7. The molecule has 0 radical (unpaired) electrons. The van der Waals surface area contributed by atoms with Gasteiger partial charge in [-0.25, -0.2) is 9.97 Å². The number of esters is 1. The number of thiazole rings is 1. The van der Waals surface area contributed by atoms with Crippen molar-refractivity contribution < 1.29 is 9.53 Å². The Labute approximate surface area is 226 Å². The molecule has 37 heavy (non-hydrogen) atoms. The number of ether oxygens (including phenoxy) is 1. The molecule has 0 aromatic carbocycles. The van der Waals surface area contributed by atoms with Gasteiger partial charge in [0.2, 0.25) is 0 Å². The minimum absolute atomic E-state index is 0.0223. The Bertz CT molecular complexity index is 1070. The van der Waals surface area contributed by atoms with Crippen molar-refractivity contribution in [3.8, 4) is 0 Å². The highest BCUT2D eigenvalue weighted by atomic mass is 32.1. The highest BCUT2D eigenvalue weighted by Crippen LogP contribution is 2.32. The van der Waals surface area contributed by atoms with Crippen LogP contribution in [0.25, 0.3) is 0 Å². The van der Waals surface area contributed by atoms with Crippen molar-refractivity contribution in [3.63, 3.8) is 0 Å². The van der Waals surface area contributed by atoms with Crippen LogP contribution in [0.1, 0.15) is 93.6 Å². The monoisotopic (exact) mass is 528 g/mol. The van der Waals surface area contributed by atoms with Crippen LogP contribution < -0.4 is 5.73 Å². The summed E-state index contributed by atoms with van der Waals surface area (Å²) in [4.78, 5) is 28.8. The lowest BCUT2D eigenvalue weighted by Gasteiger charge is -2.29. The minimum atomic E-state index is -0.116. The summed E-state index contributed by atoms with van der Waals surface area (Å²) in [6.45, 7) is 9.16. The molecule has 9 heteroatoms. The van der Waals surface area contributed by atoms with E-state index in [4.69, 9.17) is 15.5 Å². The quantitative estimate of drug-likeness (QED) is 0.238. The number of methoxy groups -OCH3 is 1. The topological polar surface area (TPSA) is 98.6 Å². The van der Waals surface area contributed by atoms with E-state index in [1.807, 2.05) is 18.5 Å². The van der Waals surface area contributed by atoms with Crippen molar-refractivity contribution in [1.29, 1.82) is 0 Å². The average Bonchev–Trinajstić information content (AvgIpc) is 3.50. The van der Waals surface area contributed by atoms with Gasteiger partial charge in [-0.15, -0.1) is 11.3 Å². The number of nitrogens with zero attached hydrogens (tertiary/aromatic N) is 5. The third-order valence-corrected chi connectivity index (χ3v) is 8.28. The molecular weight excluding hydrogens is 484 g/mol. The predicted molar refractivity (Wildman–Crippen MR) is 151 cm³/mol. The summed E-state index contributed by atoms with van der Waals surface area (Å²) in [5.41, 5.74) is 9.60. The van der Waals surface area contributed by atoms with Crippen molar-refractivity contribution in [3.05, 3.63) is 45.6 Å². The van der Waals surface area contributed by atoms with Gasteiger partial charge in [-0.3, -0.25) is 9.79 Å². The largest absolute Gasteiger partial charge is 0.469 e. The van der Waals surface area contributed by atoms with Crippen LogP contribution in [0.4, 0.5) is 0 Å². The standard InChI is InChI=1S/C28H44N6O2S/c1-7-22(33(5)15-13-24(31-19(3)29)27-30-14-16-37-27)18-23(8-2)34-20(4)32-25-17-21(28(35)36-6)11-9-10-12-26(25)34/h7,14,16,21,23-24H,8-13,15,17-18H2,1-6H3,(H2,29,31)/b22-7-/t21?,23?,24-/m0/s1. The number of carbonyl (C=O) groups is 1. The second-order valence-corrected chi connectivity index (χ2v) is 10.9.